The summed E-state index contributed by atoms with van der Waals surface area (Å²) < 4.78 is 0. The largest absolute Gasteiger partial charge is 0.507 e. The lowest BCUT2D eigenvalue weighted by atomic mass is 10.1. The maximum absolute atomic E-state index is 10.3. The maximum Gasteiger partial charge on any atom is 0.124 e. The van der Waals surface area contributed by atoms with Crippen LogP contribution in [-0.2, 0) is 6.54 Å². The fourth-order valence-corrected chi connectivity index (χ4v) is 3.10. The van der Waals surface area contributed by atoms with Gasteiger partial charge in [-0.15, -0.1) is 0 Å². The van der Waals surface area contributed by atoms with Gasteiger partial charge in [0.1, 0.15) is 11.5 Å². The van der Waals surface area contributed by atoms with E-state index < -0.39 is 0 Å². The van der Waals surface area contributed by atoms with Crippen molar-refractivity contribution in [3.05, 3.63) is 102 Å². The van der Waals surface area contributed by atoms with Crippen molar-refractivity contribution in [3.63, 3.8) is 0 Å². The van der Waals surface area contributed by atoms with Crippen molar-refractivity contribution >= 4 is 28.9 Å². The minimum absolute atomic E-state index is 0.197. The number of phenols is 2. The molecule has 4 heteroatoms. The highest BCUT2D eigenvalue weighted by molar-refractivity contribution is 5.94. The van der Waals surface area contributed by atoms with Crippen LogP contribution in [0, 0.1) is 0 Å². The van der Waals surface area contributed by atoms with Gasteiger partial charge in [0.05, 0.1) is 12.2 Å². The standard InChI is InChI=1S/C25H20N2O2/c28-24-12-6-4-10-21(24)16-26-15-20-9-3-5-11-23(20)27-17-22-13-18-7-1-2-8-19(18)14-25(22)29/h1-14,16-17,28-29H,15H2. The summed E-state index contributed by atoms with van der Waals surface area (Å²) >= 11 is 0. The molecule has 0 radical (unpaired) electrons. The van der Waals surface area contributed by atoms with Crippen LogP contribution >= 0.6 is 0 Å². The van der Waals surface area contributed by atoms with Crippen LogP contribution in [0.15, 0.2) is 94.9 Å². The fourth-order valence-electron chi connectivity index (χ4n) is 3.10. The molecule has 142 valence electrons. The van der Waals surface area contributed by atoms with Crippen molar-refractivity contribution in [2.75, 3.05) is 0 Å². The van der Waals surface area contributed by atoms with E-state index in [0.717, 1.165) is 22.0 Å². The van der Waals surface area contributed by atoms with Crippen LogP contribution in [-0.4, -0.2) is 22.6 Å². The molecular weight excluding hydrogens is 360 g/mol. The average molecular weight is 380 g/mol. The summed E-state index contributed by atoms with van der Waals surface area (Å²) in [6.07, 6.45) is 3.33. The normalized spacial score (nSPS) is 11.6. The van der Waals surface area contributed by atoms with Gasteiger partial charge in [0, 0.05) is 23.6 Å². The van der Waals surface area contributed by atoms with Crippen molar-refractivity contribution in [1.29, 1.82) is 0 Å². The second kappa shape index (κ2) is 8.40. The Morgan fingerprint density at radius 3 is 2.17 bits per heavy atom. The fraction of sp³-hybridized carbons (Fsp3) is 0.0400. The quantitative estimate of drug-likeness (QED) is 0.441. The number of hydrogen-bond acceptors (Lipinski definition) is 4. The molecule has 4 rings (SSSR count). The number of nitrogens with zero attached hydrogens (tertiary/aromatic N) is 2. The third kappa shape index (κ3) is 4.33. The number of rotatable bonds is 5. The SMILES string of the molecule is Oc1ccccc1C=NCc1ccccc1N=Cc1cc2ccccc2cc1O. The lowest BCUT2D eigenvalue weighted by Crippen LogP contribution is -1.88. The van der Waals surface area contributed by atoms with Gasteiger partial charge in [-0.3, -0.25) is 9.98 Å². The third-order valence-corrected chi connectivity index (χ3v) is 4.66. The molecule has 0 saturated heterocycles. The Balaban J connectivity index is 1.57. The van der Waals surface area contributed by atoms with Crippen LogP contribution in [0.3, 0.4) is 0 Å². The topological polar surface area (TPSA) is 65.2 Å². The Labute approximate surface area is 169 Å². The second-order valence-electron chi connectivity index (χ2n) is 6.67. The summed E-state index contributed by atoms with van der Waals surface area (Å²) in [4.78, 5) is 9.02. The van der Waals surface area contributed by atoms with Crippen molar-refractivity contribution in [2.24, 2.45) is 9.98 Å². The Hall–Kier alpha value is -3.92. The van der Waals surface area contributed by atoms with Crippen molar-refractivity contribution in [1.82, 2.24) is 0 Å². The molecule has 0 saturated carbocycles. The third-order valence-electron chi connectivity index (χ3n) is 4.66. The van der Waals surface area contributed by atoms with Gasteiger partial charge in [-0.25, -0.2) is 0 Å². The van der Waals surface area contributed by atoms with Gasteiger partial charge in [-0.05, 0) is 46.7 Å². The van der Waals surface area contributed by atoms with E-state index >= 15 is 0 Å². The molecule has 0 aliphatic rings. The number of aromatic hydroxyl groups is 2. The number of phenolic OH excluding ortho intramolecular Hbond substituents is 2. The molecule has 0 aromatic heterocycles. The van der Waals surface area contributed by atoms with Gasteiger partial charge in [0.15, 0.2) is 0 Å². The summed E-state index contributed by atoms with van der Waals surface area (Å²) in [6.45, 7) is 0.436. The summed E-state index contributed by atoms with van der Waals surface area (Å²) in [5.41, 5.74) is 3.08. The highest BCUT2D eigenvalue weighted by Crippen LogP contribution is 2.25. The van der Waals surface area contributed by atoms with E-state index in [1.807, 2.05) is 66.7 Å². The number of fused-ring (bicyclic) bond motifs is 1. The number of aliphatic imine (C=N–C) groups is 2. The van der Waals surface area contributed by atoms with Gasteiger partial charge in [-0.1, -0.05) is 54.6 Å². The van der Waals surface area contributed by atoms with Gasteiger partial charge >= 0.3 is 0 Å². The summed E-state index contributed by atoms with van der Waals surface area (Å²) in [6, 6.07) is 26.4. The highest BCUT2D eigenvalue weighted by Gasteiger charge is 2.03. The van der Waals surface area contributed by atoms with Crippen molar-refractivity contribution in [2.45, 2.75) is 6.54 Å². The molecule has 4 nitrogen and oxygen atoms in total. The molecule has 0 heterocycles. The molecule has 0 atom stereocenters. The zero-order chi connectivity index (χ0) is 20.1. The van der Waals surface area contributed by atoms with Crippen LogP contribution in [0.5, 0.6) is 11.5 Å². The molecule has 0 amide bonds. The second-order valence-corrected chi connectivity index (χ2v) is 6.67. The Morgan fingerprint density at radius 1 is 0.655 bits per heavy atom. The van der Waals surface area contributed by atoms with Crippen LogP contribution in [0.4, 0.5) is 5.69 Å². The van der Waals surface area contributed by atoms with Crippen molar-refractivity contribution < 1.29 is 10.2 Å². The van der Waals surface area contributed by atoms with Gasteiger partial charge in [0.25, 0.3) is 0 Å². The van der Waals surface area contributed by atoms with E-state index in [9.17, 15) is 10.2 Å². The van der Waals surface area contributed by atoms with Crippen molar-refractivity contribution in [3.8, 4) is 11.5 Å². The smallest absolute Gasteiger partial charge is 0.124 e. The maximum atomic E-state index is 10.3. The predicted molar refractivity (Wildman–Crippen MR) is 119 cm³/mol. The molecule has 4 aromatic rings. The van der Waals surface area contributed by atoms with Crippen LogP contribution < -0.4 is 0 Å². The molecule has 2 N–H and O–H groups in total. The molecule has 0 fully saturated rings. The minimum Gasteiger partial charge on any atom is -0.507 e. The van der Waals surface area contributed by atoms with E-state index in [0.29, 0.717) is 17.7 Å². The molecular formula is C25H20N2O2. The van der Waals surface area contributed by atoms with E-state index in [1.54, 1.807) is 30.6 Å². The van der Waals surface area contributed by atoms with Gasteiger partial charge in [-0.2, -0.15) is 0 Å². The molecule has 0 aliphatic carbocycles. The van der Waals surface area contributed by atoms with E-state index in [-0.39, 0.29) is 11.5 Å². The molecule has 29 heavy (non-hydrogen) atoms. The van der Waals surface area contributed by atoms with E-state index in [2.05, 4.69) is 9.98 Å². The highest BCUT2D eigenvalue weighted by atomic mass is 16.3. The first-order valence-corrected chi connectivity index (χ1v) is 9.32. The van der Waals surface area contributed by atoms with E-state index in [4.69, 9.17) is 0 Å². The van der Waals surface area contributed by atoms with Gasteiger partial charge < -0.3 is 10.2 Å². The lowest BCUT2D eigenvalue weighted by molar-refractivity contribution is 0.474. The first-order chi connectivity index (χ1) is 14.2. The number of para-hydroxylation sites is 2. The molecule has 4 aromatic carbocycles. The van der Waals surface area contributed by atoms with Gasteiger partial charge in [0.2, 0.25) is 0 Å². The first kappa shape index (κ1) is 18.4. The Morgan fingerprint density at radius 2 is 1.34 bits per heavy atom. The summed E-state index contributed by atoms with van der Waals surface area (Å²) in [7, 11) is 0. The Kier molecular flexibility index (Phi) is 5.34. The number of benzene rings is 4. The molecule has 0 aliphatic heterocycles. The zero-order valence-corrected chi connectivity index (χ0v) is 15.7. The average Bonchev–Trinajstić information content (AvgIpc) is 2.74. The molecule has 0 unspecified atom stereocenters. The first-order valence-electron chi connectivity index (χ1n) is 9.32. The minimum atomic E-state index is 0.197. The molecule has 0 spiro atoms. The zero-order valence-electron chi connectivity index (χ0n) is 15.7. The Bertz CT molecular complexity index is 1210. The van der Waals surface area contributed by atoms with Crippen LogP contribution in [0.2, 0.25) is 0 Å². The summed E-state index contributed by atoms with van der Waals surface area (Å²) in [5.74, 6) is 0.400. The number of hydrogen-bond donors (Lipinski definition) is 2. The monoisotopic (exact) mass is 380 g/mol. The van der Waals surface area contributed by atoms with E-state index in [1.165, 1.54) is 0 Å². The lowest BCUT2D eigenvalue weighted by Gasteiger charge is -2.05. The summed E-state index contributed by atoms with van der Waals surface area (Å²) in [5, 5.41) is 22.2. The van der Waals surface area contributed by atoms with Crippen LogP contribution in [0.25, 0.3) is 10.8 Å². The van der Waals surface area contributed by atoms with Crippen LogP contribution in [0.1, 0.15) is 16.7 Å². The predicted octanol–water partition coefficient (Wildman–Crippen LogP) is 5.62. The molecule has 0 bridgehead atoms.